The van der Waals surface area contributed by atoms with Crippen LogP contribution in [0.4, 0.5) is 21.5 Å². The van der Waals surface area contributed by atoms with Crippen molar-refractivity contribution in [2.45, 2.75) is 31.8 Å². The van der Waals surface area contributed by atoms with Gasteiger partial charge in [-0.05, 0) is 84.6 Å². The fourth-order valence-electron chi connectivity index (χ4n) is 5.73. The van der Waals surface area contributed by atoms with E-state index in [9.17, 15) is 14.7 Å². The number of aliphatic hydroxyl groups is 1. The Kier molecular flexibility index (Phi) is 8.07. The highest BCUT2D eigenvalue weighted by Crippen LogP contribution is 2.25. The van der Waals surface area contributed by atoms with E-state index in [1.807, 2.05) is 90.5 Å². The van der Waals surface area contributed by atoms with E-state index in [0.29, 0.717) is 28.2 Å². The average Bonchev–Trinajstić information content (AvgIpc) is 3.36. The topological polar surface area (TPSA) is 74.6 Å². The molecule has 0 aliphatic carbocycles. The zero-order valence-electron chi connectivity index (χ0n) is 24.1. The van der Waals surface area contributed by atoms with Gasteiger partial charge in [-0.15, -0.1) is 0 Å². The number of Topliss-reactive ketones (excluding diaryl/α,β-unsaturated/α-hetero) is 2. The molecule has 0 atom stereocenters. The van der Waals surface area contributed by atoms with Gasteiger partial charge in [-0.2, -0.15) is 0 Å². The number of ketones is 2. The Balaban J connectivity index is 1.05. The van der Waals surface area contributed by atoms with Crippen molar-refractivity contribution >= 4 is 39.5 Å². The minimum Gasteiger partial charge on any atom is -0.393 e. The van der Waals surface area contributed by atoms with E-state index in [-0.39, 0.29) is 30.5 Å². The third kappa shape index (κ3) is 6.37. The first-order chi connectivity index (χ1) is 20.8. The van der Waals surface area contributed by atoms with Crippen LogP contribution in [0.15, 0.2) is 97.1 Å². The lowest BCUT2D eigenvalue weighted by Gasteiger charge is -2.31. The standard InChI is InChI=1S/C36H34FN3O3/c1-39-33-5-3-2-4-27(33)23-34(39)36(43)22-25-8-15-32(31(37)20-25)38-28-11-6-24(7-12-28)21-35(42)26-9-13-29(14-10-26)40-18-16-30(41)17-19-40/h2-15,20,23,30,38,41H,16-19,21-22H2,1H3. The number of hydrogen-bond donors (Lipinski definition) is 2. The van der Waals surface area contributed by atoms with Gasteiger partial charge in [-0.1, -0.05) is 36.4 Å². The third-order valence-electron chi connectivity index (χ3n) is 8.25. The lowest BCUT2D eigenvalue weighted by Crippen LogP contribution is -2.35. The van der Waals surface area contributed by atoms with Gasteiger partial charge < -0.3 is 19.9 Å². The van der Waals surface area contributed by atoms with Gasteiger partial charge in [-0.25, -0.2) is 4.39 Å². The van der Waals surface area contributed by atoms with E-state index in [4.69, 9.17) is 0 Å². The molecule has 2 N–H and O–H groups in total. The molecule has 218 valence electrons. The second-order valence-electron chi connectivity index (χ2n) is 11.2. The number of anilines is 3. The van der Waals surface area contributed by atoms with Crippen molar-refractivity contribution in [1.82, 2.24) is 4.57 Å². The molecule has 0 bridgehead atoms. The highest BCUT2D eigenvalue weighted by molar-refractivity contribution is 6.01. The first-order valence-corrected chi connectivity index (χ1v) is 14.6. The molecule has 2 heterocycles. The predicted molar refractivity (Wildman–Crippen MR) is 169 cm³/mol. The molecule has 0 unspecified atom stereocenters. The number of rotatable bonds is 9. The summed E-state index contributed by atoms with van der Waals surface area (Å²) in [6, 6.07) is 29.5. The van der Waals surface area contributed by atoms with Gasteiger partial charge in [0, 0.05) is 60.8 Å². The molecular formula is C36H34FN3O3. The molecule has 6 rings (SSSR count). The van der Waals surface area contributed by atoms with Crippen LogP contribution in [-0.4, -0.2) is 40.4 Å². The van der Waals surface area contributed by atoms with Crippen LogP contribution in [0.2, 0.25) is 0 Å². The first kappa shape index (κ1) is 28.4. The first-order valence-electron chi connectivity index (χ1n) is 14.6. The number of carbonyl (C=O) groups excluding carboxylic acids is 2. The monoisotopic (exact) mass is 575 g/mol. The number of piperidine rings is 1. The maximum atomic E-state index is 15.0. The SMILES string of the molecule is Cn1c(C(=O)Cc2ccc(Nc3ccc(CC(=O)c4ccc(N5CCC(O)CC5)cc4)cc3)c(F)c2)cc2ccccc21. The highest BCUT2D eigenvalue weighted by Gasteiger charge is 2.18. The fourth-order valence-corrected chi connectivity index (χ4v) is 5.73. The second kappa shape index (κ2) is 12.2. The number of carbonyl (C=O) groups is 2. The van der Waals surface area contributed by atoms with Gasteiger partial charge in [0.1, 0.15) is 5.82 Å². The van der Waals surface area contributed by atoms with E-state index in [0.717, 1.165) is 48.1 Å². The van der Waals surface area contributed by atoms with Crippen molar-refractivity contribution in [1.29, 1.82) is 0 Å². The van der Waals surface area contributed by atoms with Crippen LogP contribution in [0.1, 0.15) is 44.8 Å². The third-order valence-corrected chi connectivity index (χ3v) is 8.25. The van der Waals surface area contributed by atoms with Crippen LogP contribution in [0.5, 0.6) is 0 Å². The molecule has 6 nitrogen and oxygen atoms in total. The number of fused-ring (bicyclic) bond motifs is 1. The Labute approximate surface area is 250 Å². The van der Waals surface area contributed by atoms with Crippen molar-refractivity contribution in [3.05, 3.63) is 125 Å². The van der Waals surface area contributed by atoms with Crippen LogP contribution in [0, 0.1) is 5.82 Å². The zero-order valence-corrected chi connectivity index (χ0v) is 24.1. The van der Waals surface area contributed by atoms with Gasteiger partial charge in [-0.3, -0.25) is 9.59 Å². The lowest BCUT2D eigenvalue weighted by atomic mass is 10.0. The highest BCUT2D eigenvalue weighted by atomic mass is 19.1. The summed E-state index contributed by atoms with van der Waals surface area (Å²) in [4.78, 5) is 28.1. The van der Waals surface area contributed by atoms with Crippen molar-refractivity contribution in [2.24, 2.45) is 7.05 Å². The molecule has 0 amide bonds. The Hall–Kier alpha value is -4.75. The molecule has 1 aromatic heterocycles. The van der Waals surface area contributed by atoms with Crippen LogP contribution >= 0.6 is 0 Å². The number of para-hydroxylation sites is 1. The number of aliphatic hydroxyl groups excluding tert-OH is 1. The summed E-state index contributed by atoms with van der Waals surface area (Å²) in [6.07, 6.45) is 1.68. The maximum absolute atomic E-state index is 15.0. The fraction of sp³-hybridized carbons (Fsp3) is 0.222. The molecule has 7 heteroatoms. The molecule has 1 aliphatic rings. The van der Waals surface area contributed by atoms with E-state index in [2.05, 4.69) is 10.2 Å². The molecule has 5 aromatic rings. The zero-order chi connectivity index (χ0) is 29.9. The molecular weight excluding hydrogens is 541 g/mol. The largest absolute Gasteiger partial charge is 0.393 e. The molecule has 43 heavy (non-hydrogen) atoms. The Bertz CT molecular complexity index is 1770. The Morgan fingerprint density at radius 1 is 0.837 bits per heavy atom. The van der Waals surface area contributed by atoms with E-state index < -0.39 is 5.82 Å². The van der Waals surface area contributed by atoms with Crippen molar-refractivity contribution in [2.75, 3.05) is 23.3 Å². The smallest absolute Gasteiger partial charge is 0.183 e. The van der Waals surface area contributed by atoms with Crippen LogP contribution < -0.4 is 10.2 Å². The molecule has 0 saturated carbocycles. The summed E-state index contributed by atoms with van der Waals surface area (Å²) in [5.74, 6) is -0.477. The van der Waals surface area contributed by atoms with Crippen molar-refractivity contribution in [3.63, 3.8) is 0 Å². The molecule has 4 aromatic carbocycles. The summed E-state index contributed by atoms with van der Waals surface area (Å²) < 4.78 is 16.9. The summed E-state index contributed by atoms with van der Waals surface area (Å²) in [6.45, 7) is 1.63. The quantitative estimate of drug-likeness (QED) is 0.188. The van der Waals surface area contributed by atoms with E-state index in [1.165, 1.54) is 6.07 Å². The van der Waals surface area contributed by atoms with Crippen molar-refractivity contribution in [3.8, 4) is 0 Å². The number of aryl methyl sites for hydroxylation is 1. The number of nitrogens with zero attached hydrogens (tertiary/aromatic N) is 2. The average molecular weight is 576 g/mol. The summed E-state index contributed by atoms with van der Waals surface area (Å²) >= 11 is 0. The summed E-state index contributed by atoms with van der Waals surface area (Å²) in [5, 5.41) is 13.8. The summed E-state index contributed by atoms with van der Waals surface area (Å²) in [5.41, 5.74) is 5.79. The van der Waals surface area contributed by atoms with E-state index in [1.54, 1.807) is 12.1 Å². The summed E-state index contributed by atoms with van der Waals surface area (Å²) in [7, 11) is 1.87. The Morgan fingerprint density at radius 2 is 1.51 bits per heavy atom. The number of aromatic nitrogens is 1. The van der Waals surface area contributed by atoms with E-state index >= 15 is 4.39 Å². The van der Waals surface area contributed by atoms with Crippen LogP contribution in [0.3, 0.4) is 0 Å². The maximum Gasteiger partial charge on any atom is 0.183 e. The second-order valence-corrected chi connectivity index (χ2v) is 11.2. The van der Waals surface area contributed by atoms with Crippen LogP contribution in [-0.2, 0) is 19.9 Å². The van der Waals surface area contributed by atoms with Gasteiger partial charge in [0.2, 0.25) is 0 Å². The Morgan fingerprint density at radius 3 is 2.21 bits per heavy atom. The van der Waals surface area contributed by atoms with Gasteiger partial charge in [0.15, 0.2) is 11.6 Å². The van der Waals surface area contributed by atoms with Crippen LogP contribution in [0.25, 0.3) is 10.9 Å². The number of halogens is 1. The number of benzene rings is 4. The number of hydrogen-bond acceptors (Lipinski definition) is 5. The predicted octanol–water partition coefficient (Wildman–Crippen LogP) is 6.87. The van der Waals surface area contributed by atoms with Gasteiger partial charge >= 0.3 is 0 Å². The minimum atomic E-state index is -0.439. The molecule has 0 radical (unpaired) electrons. The van der Waals surface area contributed by atoms with Gasteiger partial charge in [0.05, 0.1) is 17.5 Å². The van der Waals surface area contributed by atoms with Gasteiger partial charge in [0.25, 0.3) is 0 Å². The molecule has 1 saturated heterocycles. The van der Waals surface area contributed by atoms with Crippen molar-refractivity contribution < 1.29 is 19.1 Å². The molecule has 1 aliphatic heterocycles. The molecule has 0 spiro atoms. The lowest BCUT2D eigenvalue weighted by molar-refractivity contribution is 0.0980. The number of nitrogens with one attached hydrogen (secondary N) is 1. The molecule has 1 fully saturated rings. The normalized spacial score (nSPS) is 13.8. The minimum absolute atomic E-state index is 0.0287.